The summed E-state index contributed by atoms with van der Waals surface area (Å²) >= 11 is 0. The van der Waals surface area contributed by atoms with Gasteiger partial charge in [-0.3, -0.25) is 14.4 Å². The predicted octanol–water partition coefficient (Wildman–Crippen LogP) is 2.09. The molecule has 1 heterocycles. The van der Waals surface area contributed by atoms with Crippen molar-refractivity contribution >= 4 is 18.2 Å². The second kappa shape index (κ2) is 11.0. The van der Waals surface area contributed by atoms with Crippen LogP contribution in [0.2, 0.25) is 0 Å². The second-order valence-electron chi connectivity index (χ2n) is 8.38. The minimum absolute atomic E-state index is 0.242. The summed E-state index contributed by atoms with van der Waals surface area (Å²) in [5.74, 6) is -0.796. The lowest BCUT2D eigenvalue weighted by Crippen LogP contribution is -2.44. The number of hydrogen-bond acceptors (Lipinski definition) is 4. The Morgan fingerprint density at radius 1 is 1.21 bits per heavy atom. The summed E-state index contributed by atoms with van der Waals surface area (Å²) in [6.45, 7) is 12.9. The highest BCUT2D eigenvalue weighted by Crippen LogP contribution is 2.61. The van der Waals surface area contributed by atoms with Gasteiger partial charge in [-0.1, -0.05) is 34.6 Å². The quantitative estimate of drug-likeness (QED) is 0.680. The molecule has 0 aromatic rings. The first-order valence-corrected chi connectivity index (χ1v) is 9.40. The van der Waals surface area contributed by atoms with Gasteiger partial charge in [0, 0.05) is 13.1 Å². The molecule has 2 rings (SSSR count). The number of amides is 3. The highest BCUT2D eigenvalue weighted by Gasteiger charge is 2.62. The van der Waals surface area contributed by atoms with Gasteiger partial charge in [-0.15, -0.1) is 0 Å². The zero-order valence-electron chi connectivity index (χ0n) is 17.8. The summed E-state index contributed by atoms with van der Waals surface area (Å²) in [5, 5.41) is 11.8. The van der Waals surface area contributed by atoms with Gasteiger partial charge in [0.05, 0.1) is 12.6 Å². The fraction of sp³-hybridized carbons (Fsp3) is 0.789. The molecule has 0 aromatic carbocycles. The van der Waals surface area contributed by atoms with Crippen LogP contribution in [0.1, 0.15) is 41.5 Å². The van der Waals surface area contributed by atoms with E-state index in [0.717, 1.165) is 5.92 Å². The van der Waals surface area contributed by atoms with E-state index in [9.17, 15) is 27.6 Å². The molecule has 1 aliphatic carbocycles. The first-order valence-electron chi connectivity index (χ1n) is 9.40. The van der Waals surface area contributed by atoms with Gasteiger partial charge in [-0.25, -0.2) is 0 Å². The fourth-order valence-electron chi connectivity index (χ4n) is 2.84. The minimum atomic E-state index is -4.94. The monoisotopic (exact) mass is 420 g/mol. The molecule has 0 radical (unpaired) electrons. The van der Waals surface area contributed by atoms with E-state index in [2.05, 4.69) is 39.9 Å². The van der Waals surface area contributed by atoms with E-state index in [1.54, 1.807) is 12.2 Å². The summed E-state index contributed by atoms with van der Waals surface area (Å²) in [7, 11) is 0. The average molecular weight is 420 g/mol. The summed E-state index contributed by atoms with van der Waals surface area (Å²) in [6, 6.07) is 1.46. The fourth-order valence-corrected chi connectivity index (χ4v) is 2.84. The number of piperidine rings is 1. The third-order valence-corrected chi connectivity index (χ3v) is 4.64. The molecule has 2 N–H and O–H groups in total. The van der Waals surface area contributed by atoms with Gasteiger partial charge >= 0.3 is 12.1 Å². The SMILES string of the molecule is CC(C#N)NC=O.CC(C)C.CC1(C)[C@@H]2CN(C(=O)CNC(=O)C(F)(F)F)C[C@@H]21. The standard InChI is InChI=1S/C11H15F3N2O2.C4H6N2O.C4H10/c1-10(2)6-4-16(5-7(6)10)8(17)3-15-9(18)11(12,13)14;1-4(2-5)6-3-7;1-4(2)3/h6-7H,3-5H2,1-2H3,(H,15,18);3-4H,1H3,(H,6,7);4H,1-3H3/t6-,7+;;. The highest BCUT2D eigenvalue weighted by atomic mass is 19.4. The summed E-state index contributed by atoms with van der Waals surface area (Å²) in [5.41, 5.74) is 0.242. The maximum atomic E-state index is 11.9. The normalized spacial score (nSPS) is 21.9. The molecule has 2 aliphatic rings. The number of nitrogens with zero attached hydrogens (tertiary/aromatic N) is 2. The molecular weight excluding hydrogens is 389 g/mol. The summed E-state index contributed by atoms with van der Waals surface area (Å²) in [6.07, 6.45) is -4.43. The molecule has 7 nitrogen and oxygen atoms in total. The second-order valence-corrected chi connectivity index (χ2v) is 8.38. The molecule has 1 saturated carbocycles. The smallest absolute Gasteiger partial charge is 0.343 e. The van der Waals surface area contributed by atoms with Crippen LogP contribution >= 0.6 is 0 Å². The lowest BCUT2D eigenvalue weighted by molar-refractivity contribution is -0.174. The van der Waals surface area contributed by atoms with Crippen LogP contribution in [-0.2, 0) is 14.4 Å². The van der Waals surface area contributed by atoms with Gasteiger partial charge in [-0.2, -0.15) is 18.4 Å². The molecule has 10 heteroatoms. The number of rotatable bonds is 4. The van der Waals surface area contributed by atoms with Gasteiger partial charge in [-0.05, 0) is 30.1 Å². The number of carbonyl (C=O) groups is 3. The summed E-state index contributed by atoms with van der Waals surface area (Å²) in [4.78, 5) is 33.2. The molecule has 0 spiro atoms. The van der Waals surface area contributed by atoms with Crippen LogP contribution in [0.3, 0.4) is 0 Å². The van der Waals surface area contributed by atoms with Gasteiger partial charge in [0.1, 0.15) is 6.04 Å². The van der Waals surface area contributed by atoms with Crippen molar-refractivity contribution in [2.24, 2.45) is 23.2 Å². The predicted molar refractivity (Wildman–Crippen MR) is 101 cm³/mol. The van der Waals surface area contributed by atoms with Crippen molar-refractivity contribution < 1.29 is 27.6 Å². The molecule has 1 aliphatic heterocycles. The Hall–Kier alpha value is -2.31. The topological polar surface area (TPSA) is 102 Å². The molecule has 3 amide bonds. The van der Waals surface area contributed by atoms with Crippen LogP contribution in [0, 0.1) is 34.5 Å². The van der Waals surface area contributed by atoms with Gasteiger partial charge < -0.3 is 15.5 Å². The van der Waals surface area contributed by atoms with E-state index in [1.807, 2.05) is 6.07 Å². The lowest BCUT2D eigenvalue weighted by atomic mass is 10.1. The van der Waals surface area contributed by atoms with Crippen LogP contribution in [-0.4, -0.2) is 55.0 Å². The van der Waals surface area contributed by atoms with Crippen LogP contribution in [0.5, 0.6) is 0 Å². The van der Waals surface area contributed by atoms with Gasteiger partial charge in [0.2, 0.25) is 12.3 Å². The van der Waals surface area contributed by atoms with Crippen molar-refractivity contribution in [2.75, 3.05) is 19.6 Å². The van der Waals surface area contributed by atoms with Crippen LogP contribution < -0.4 is 10.6 Å². The zero-order valence-corrected chi connectivity index (χ0v) is 17.8. The number of nitrogens with one attached hydrogen (secondary N) is 2. The number of alkyl halides is 3. The van der Waals surface area contributed by atoms with Crippen LogP contribution in [0.4, 0.5) is 13.2 Å². The lowest BCUT2D eigenvalue weighted by Gasteiger charge is -2.22. The van der Waals surface area contributed by atoms with Crippen LogP contribution in [0.15, 0.2) is 0 Å². The maximum absolute atomic E-state index is 11.9. The highest BCUT2D eigenvalue weighted by molar-refractivity contribution is 5.87. The first kappa shape index (κ1) is 26.7. The van der Waals surface area contributed by atoms with Crippen LogP contribution in [0.25, 0.3) is 0 Å². The van der Waals surface area contributed by atoms with E-state index in [-0.39, 0.29) is 11.5 Å². The molecule has 0 aromatic heterocycles. The van der Waals surface area contributed by atoms with E-state index in [4.69, 9.17) is 5.26 Å². The average Bonchev–Trinajstić information content (AvgIpc) is 2.95. The Morgan fingerprint density at radius 2 is 1.66 bits per heavy atom. The Kier molecular flexibility index (Phi) is 10.1. The number of hydrogen-bond donors (Lipinski definition) is 2. The Morgan fingerprint density at radius 3 is 1.97 bits per heavy atom. The van der Waals surface area contributed by atoms with Crippen molar-refractivity contribution in [2.45, 2.75) is 53.8 Å². The van der Waals surface area contributed by atoms with Crippen molar-refractivity contribution in [1.82, 2.24) is 15.5 Å². The number of fused-ring (bicyclic) bond motifs is 1. The number of carbonyl (C=O) groups excluding carboxylic acids is 3. The van der Waals surface area contributed by atoms with E-state index in [1.165, 1.54) is 4.90 Å². The van der Waals surface area contributed by atoms with Crippen molar-refractivity contribution in [3.8, 4) is 6.07 Å². The van der Waals surface area contributed by atoms with Gasteiger partial charge in [0.25, 0.3) is 0 Å². The molecule has 29 heavy (non-hydrogen) atoms. The molecule has 166 valence electrons. The van der Waals surface area contributed by atoms with Crippen molar-refractivity contribution in [1.29, 1.82) is 5.26 Å². The molecular formula is C19H31F3N4O3. The van der Waals surface area contributed by atoms with Gasteiger partial charge in [0.15, 0.2) is 0 Å². The van der Waals surface area contributed by atoms with Crippen molar-refractivity contribution in [3.05, 3.63) is 0 Å². The first-order chi connectivity index (χ1) is 13.2. The number of halogens is 3. The minimum Gasteiger partial charge on any atom is -0.343 e. The van der Waals surface area contributed by atoms with E-state index in [0.29, 0.717) is 31.3 Å². The Balaban J connectivity index is 0.000000594. The molecule has 0 bridgehead atoms. The molecule has 3 atom stereocenters. The third kappa shape index (κ3) is 9.15. The Labute approximate surface area is 170 Å². The molecule has 1 unspecified atom stereocenters. The number of nitriles is 1. The third-order valence-electron chi connectivity index (χ3n) is 4.64. The number of likely N-dealkylation sites (tertiary alicyclic amines) is 1. The molecule has 1 saturated heterocycles. The zero-order chi connectivity index (χ0) is 23.0. The van der Waals surface area contributed by atoms with E-state index < -0.39 is 24.5 Å². The maximum Gasteiger partial charge on any atom is 0.471 e. The van der Waals surface area contributed by atoms with E-state index >= 15 is 0 Å². The van der Waals surface area contributed by atoms with Crippen molar-refractivity contribution in [3.63, 3.8) is 0 Å². The molecule has 2 fully saturated rings. The largest absolute Gasteiger partial charge is 0.471 e. The summed E-state index contributed by atoms with van der Waals surface area (Å²) < 4.78 is 35.7. The Bertz CT molecular complexity index is 598.